The van der Waals surface area contributed by atoms with Crippen molar-refractivity contribution in [2.75, 3.05) is 13.2 Å². The van der Waals surface area contributed by atoms with Crippen LogP contribution >= 0.6 is 0 Å². The average molecular weight is 294 g/mol. The van der Waals surface area contributed by atoms with Crippen molar-refractivity contribution in [3.63, 3.8) is 0 Å². The van der Waals surface area contributed by atoms with Crippen LogP contribution in [0, 0.1) is 16.2 Å². The lowest BCUT2D eigenvalue weighted by atomic mass is 9.87. The second kappa shape index (κ2) is 4.99. The molecule has 2 heterocycles. The van der Waals surface area contributed by atoms with E-state index in [1.807, 2.05) is 0 Å². The molecule has 21 heavy (non-hydrogen) atoms. The number of rotatable bonds is 2. The Labute approximate surface area is 129 Å². The molecule has 2 aliphatic heterocycles. The second-order valence-electron chi connectivity index (χ2n) is 8.88. The van der Waals surface area contributed by atoms with Crippen molar-refractivity contribution in [2.24, 2.45) is 26.2 Å². The van der Waals surface area contributed by atoms with Crippen molar-refractivity contribution >= 4 is 11.8 Å². The van der Waals surface area contributed by atoms with Crippen molar-refractivity contribution in [3.8, 4) is 0 Å². The maximum absolute atomic E-state index is 5.88. The highest BCUT2D eigenvalue weighted by molar-refractivity contribution is 6.05. The van der Waals surface area contributed by atoms with E-state index in [9.17, 15) is 0 Å². The molecule has 0 radical (unpaired) electrons. The predicted molar refractivity (Wildman–Crippen MR) is 87.0 cm³/mol. The first kappa shape index (κ1) is 16.3. The van der Waals surface area contributed by atoms with Gasteiger partial charge in [-0.3, -0.25) is 0 Å². The molecule has 0 fully saturated rings. The van der Waals surface area contributed by atoms with E-state index in [1.54, 1.807) is 0 Å². The highest BCUT2D eigenvalue weighted by Gasteiger charge is 2.44. The van der Waals surface area contributed by atoms with E-state index in [-0.39, 0.29) is 28.3 Å². The van der Waals surface area contributed by atoms with Crippen LogP contribution in [-0.2, 0) is 9.47 Å². The molecule has 0 saturated heterocycles. The van der Waals surface area contributed by atoms with Gasteiger partial charge in [0, 0.05) is 0 Å². The lowest BCUT2D eigenvalue weighted by Crippen LogP contribution is -2.34. The molecule has 0 bridgehead atoms. The molecule has 2 atom stereocenters. The van der Waals surface area contributed by atoms with Gasteiger partial charge in [-0.05, 0) is 24.7 Å². The zero-order chi connectivity index (χ0) is 16.1. The van der Waals surface area contributed by atoms with Gasteiger partial charge in [-0.2, -0.15) is 0 Å². The van der Waals surface area contributed by atoms with Crippen LogP contribution in [0.5, 0.6) is 0 Å². The summed E-state index contributed by atoms with van der Waals surface area (Å²) in [5.41, 5.74) is -0.158. The fourth-order valence-electron chi connectivity index (χ4n) is 2.41. The molecule has 2 rings (SSSR count). The van der Waals surface area contributed by atoms with Gasteiger partial charge < -0.3 is 9.47 Å². The van der Waals surface area contributed by atoms with Crippen LogP contribution < -0.4 is 0 Å². The van der Waals surface area contributed by atoms with Crippen LogP contribution in [0.2, 0.25) is 0 Å². The molecule has 0 saturated carbocycles. The Morgan fingerprint density at radius 2 is 1.05 bits per heavy atom. The van der Waals surface area contributed by atoms with Crippen molar-refractivity contribution in [1.82, 2.24) is 0 Å². The van der Waals surface area contributed by atoms with E-state index in [1.165, 1.54) is 0 Å². The van der Waals surface area contributed by atoms with Gasteiger partial charge in [-0.1, -0.05) is 41.5 Å². The molecule has 0 amide bonds. The number of nitrogens with zero attached hydrogens (tertiary/aromatic N) is 2. The van der Waals surface area contributed by atoms with Gasteiger partial charge in [0.15, 0.2) is 11.8 Å². The minimum absolute atomic E-state index is 0.115. The molecule has 0 aliphatic carbocycles. The van der Waals surface area contributed by atoms with E-state index in [0.29, 0.717) is 13.2 Å². The molecule has 120 valence electrons. The van der Waals surface area contributed by atoms with Gasteiger partial charge >= 0.3 is 0 Å². The largest absolute Gasteiger partial charge is 0.478 e. The van der Waals surface area contributed by atoms with E-state index in [2.05, 4.69) is 55.4 Å². The number of aliphatic imine (C=N–C) groups is 2. The van der Waals surface area contributed by atoms with Crippen LogP contribution in [0.4, 0.5) is 0 Å². The minimum Gasteiger partial charge on any atom is -0.478 e. The summed E-state index contributed by atoms with van der Waals surface area (Å²) in [6.07, 6.45) is 0. The molecule has 0 aromatic heterocycles. The third-order valence-corrected chi connectivity index (χ3v) is 4.37. The average Bonchev–Trinajstić information content (AvgIpc) is 2.97. The van der Waals surface area contributed by atoms with Crippen LogP contribution in [-0.4, -0.2) is 37.1 Å². The molecule has 2 aliphatic rings. The first-order valence-corrected chi connectivity index (χ1v) is 7.84. The third-order valence-electron chi connectivity index (χ3n) is 4.37. The van der Waals surface area contributed by atoms with Crippen LogP contribution in [0.1, 0.15) is 55.4 Å². The van der Waals surface area contributed by atoms with Crippen molar-refractivity contribution in [1.29, 1.82) is 0 Å². The van der Waals surface area contributed by atoms with Crippen LogP contribution in [0.3, 0.4) is 0 Å². The molecule has 0 N–H and O–H groups in total. The Morgan fingerprint density at radius 1 is 0.714 bits per heavy atom. The van der Waals surface area contributed by atoms with Gasteiger partial charge in [0.2, 0.25) is 0 Å². The first-order valence-electron chi connectivity index (χ1n) is 7.84. The van der Waals surface area contributed by atoms with Crippen LogP contribution in [0.25, 0.3) is 0 Å². The SMILES string of the molecule is CC(C)(C1=N[C@@H](C(C)(C)C)CO1)C1=N[C@@H](C(C)(C)C)CO1. The third kappa shape index (κ3) is 3.24. The van der Waals surface area contributed by atoms with Crippen LogP contribution in [0.15, 0.2) is 9.98 Å². The Hall–Kier alpha value is -1.06. The van der Waals surface area contributed by atoms with Gasteiger partial charge in [-0.25, -0.2) is 9.98 Å². The second-order valence-corrected chi connectivity index (χ2v) is 8.88. The lowest BCUT2D eigenvalue weighted by Gasteiger charge is -2.23. The number of hydrogen-bond donors (Lipinski definition) is 0. The van der Waals surface area contributed by atoms with E-state index >= 15 is 0 Å². The fourth-order valence-corrected chi connectivity index (χ4v) is 2.41. The maximum Gasteiger partial charge on any atom is 0.199 e. The molecule has 4 nitrogen and oxygen atoms in total. The summed E-state index contributed by atoms with van der Waals surface area (Å²) < 4.78 is 11.8. The minimum atomic E-state index is -0.389. The summed E-state index contributed by atoms with van der Waals surface area (Å²) >= 11 is 0. The Morgan fingerprint density at radius 3 is 1.29 bits per heavy atom. The number of ether oxygens (including phenoxy) is 2. The smallest absolute Gasteiger partial charge is 0.199 e. The summed E-state index contributed by atoms with van der Waals surface area (Å²) in [6.45, 7) is 18.6. The lowest BCUT2D eigenvalue weighted by molar-refractivity contribution is 0.214. The Bertz CT molecular complexity index is 422. The van der Waals surface area contributed by atoms with Gasteiger partial charge in [0.25, 0.3) is 0 Å². The summed E-state index contributed by atoms with van der Waals surface area (Å²) in [5, 5.41) is 0. The highest BCUT2D eigenvalue weighted by atomic mass is 16.5. The summed E-state index contributed by atoms with van der Waals surface area (Å²) in [4.78, 5) is 9.59. The molecule has 0 unspecified atom stereocenters. The first-order chi connectivity index (χ1) is 9.42. The summed E-state index contributed by atoms with van der Waals surface area (Å²) in [7, 11) is 0. The quantitative estimate of drug-likeness (QED) is 0.779. The molecule has 0 aromatic carbocycles. The molecule has 0 spiro atoms. The van der Waals surface area contributed by atoms with E-state index in [4.69, 9.17) is 19.5 Å². The zero-order valence-electron chi connectivity index (χ0n) is 14.8. The predicted octanol–water partition coefficient (Wildman–Crippen LogP) is 3.70. The monoisotopic (exact) mass is 294 g/mol. The normalized spacial score (nSPS) is 27.0. The summed E-state index contributed by atoms with van der Waals surface area (Å²) in [6, 6.07) is 0.402. The highest BCUT2D eigenvalue weighted by Crippen LogP contribution is 2.35. The Balaban J connectivity index is 2.20. The van der Waals surface area contributed by atoms with Gasteiger partial charge in [-0.15, -0.1) is 0 Å². The Kier molecular flexibility index (Phi) is 3.88. The molecular weight excluding hydrogens is 264 g/mol. The maximum atomic E-state index is 5.88. The molecule has 4 heteroatoms. The molecule has 0 aromatic rings. The van der Waals surface area contributed by atoms with Crippen molar-refractivity contribution < 1.29 is 9.47 Å². The standard InChI is InChI=1S/C17H30N2O2/c1-15(2,3)11-9-20-13(18-11)17(7,8)14-19-12(10-21-14)16(4,5)6/h11-12H,9-10H2,1-8H3/t11-,12-/m1/s1. The van der Waals surface area contributed by atoms with Crippen molar-refractivity contribution in [3.05, 3.63) is 0 Å². The van der Waals surface area contributed by atoms with E-state index < -0.39 is 0 Å². The zero-order valence-corrected chi connectivity index (χ0v) is 14.8. The van der Waals surface area contributed by atoms with Crippen molar-refractivity contribution in [2.45, 2.75) is 67.5 Å². The van der Waals surface area contributed by atoms with Gasteiger partial charge in [0.05, 0.1) is 12.1 Å². The summed E-state index contributed by atoms with van der Waals surface area (Å²) in [5.74, 6) is 1.52. The molecular formula is C17H30N2O2. The topological polar surface area (TPSA) is 43.2 Å². The number of hydrogen-bond acceptors (Lipinski definition) is 4. The van der Waals surface area contributed by atoms with Gasteiger partial charge in [0.1, 0.15) is 18.6 Å². The fraction of sp³-hybridized carbons (Fsp3) is 0.882. The van der Waals surface area contributed by atoms with E-state index in [0.717, 1.165) is 11.8 Å².